The molecule has 1 aromatic rings. The van der Waals surface area contributed by atoms with Crippen molar-refractivity contribution >= 4 is 29.4 Å². The SMILES string of the molecule is CC(C)C[C@H](C(=O)NN1CCOCC1)N1CC2=C(C1=O)[C@H](c1ccccc1Cl)NC(=O)N2C. The van der Waals surface area contributed by atoms with Gasteiger partial charge in [0.15, 0.2) is 0 Å². The first-order chi connectivity index (χ1) is 15.8. The Bertz CT molecular complexity index is 975. The van der Waals surface area contributed by atoms with E-state index in [-0.39, 0.29) is 30.3 Å². The van der Waals surface area contributed by atoms with Gasteiger partial charge in [-0.2, -0.15) is 0 Å². The minimum Gasteiger partial charge on any atom is -0.379 e. The molecular weight excluding hydrogens is 446 g/mol. The molecule has 178 valence electrons. The van der Waals surface area contributed by atoms with Crippen molar-refractivity contribution in [2.24, 2.45) is 5.92 Å². The predicted octanol–water partition coefficient (Wildman–Crippen LogP) is 1.91. The van der Waals surface area contributed by atoms with E-state index in [0.29, 0.717) is 54.6 Å². The van der Waals surface area contributed by atoms with Crippen LogP contribution in [0.1, 0.15) is 31.9 Å². The van der Waals surface area contributed by atoms with Crippen LogP contribution in [-0.2, 0) is 14.3 Å². The molecule has 10 heteroatoms. The van der Waals surface area contributed by atoms with Crippen molar-refractivity contribution in [3.63, 3.8) is 0 Å². The van der Waals surface area contributed by atoms with E-state index in [2.05, 4.69) is 10.7 Å². The summed E-state index contributed by atoms with van der Waals surface area (Å²) in [6.07, 6.45) is 0.504. The number of urea groups is 1. The quantitative estimate of drug-likeness (QED) is 0.655. The van der Waals surface area contributed by atoms with Crippen molar-refractivity contribution in [1.82, 2.24) is 25.6 Å². The second-order valence-electron chi connectivity index (χ2n) is 8.98. The van der Waals surface area contributed by atoms with Gasteiger partial charge >= 0.3 is 6.03 Å². The number of rotatable bonds is 6. The number of benzene rings is 1. The van der Waals surface area contributed by atoms with Gasteiger partial charge in [0.2, 0.25) is 0 Å². The maximum atomic E-state index is 13.7. The highest BCUT2D eigenvalue weighted by atomic mass is 35.5. The van der Waals surface area contributed by atoms with Crippen LogP contribution in [0.3, 0.4) is 0 Å². The summed E-state index contributed by atoms with van der Waals surface area (Å²) in [6.45, 7) is 6.51. The van der Waals surface area contributed by atoms with Gasteiger partial charge in [-0.1, -0.05) is 43.6 Å². The fourth-order valence-electron chi connectivity index (χ4n) is 4.51. The van der Waals surface area contributed by atoms with Crippen LogP contribution in [0.4, 0.5) is 4.79 Å². The Hall–Kier alpha value is -2.62. The summed E-state index contributed by atoms with van der Waals surface area (Å²) in [5.41, 5.74) is 4.67. The van der Waals surface area contributed by atoms with E-state index in [9.17, 15) is 14.4 Å². The van der Waals surface area contributed by atoms with Crippen LogP contribution in [0, 0.1) is 5.92 Å². The molecule has 3 aliphatic heterocycles. The van der Waals surface area contributed by atoms with E-state index in [1.54, 1.807) is 30.1 Å². The number of likely N-dealkylation sites (N-methyl/N-ethyl adjacent to an activating group) is 1. The van der Waals surface area contributed by atoms with E-state index in [1.165, 1.54) is 4.90 Å². The van der Waals surface area contributed by atoms with Gasteiger partial charge in [0.05, 0.1) is 37.1 Å². The van der Waals surface area contributed by atoms with Crippen molar-refractivity contribution in [2.45, 2.75) is 32.4 Å². The van der Waals surface area contributed by atoms with Gasteiger partial charge in [0.1, 0.15) is 6.04 Å². The largest absolute Gasteiger partial charge is 0.379 e. The first-order valence-corrected chi connectivity index (χ1v) is 11.6. The Morgan fingerprint density at radius 2 is 1.94 bits per heavy atom. The number of morpholine rings is 1. The predicted molar refractivity (Wildman–Crippen MR) is 123 cm³/mol. The maximum Gasteiger partial charge on any atom is 0.322 e. The van der Waals surface area contributed by atoms with E-state index in [4.69, 9.17) is 16.3 Å². The molecule has 0 saturated carbocycles. The normalized spacial score (nSPS) is 22.5. The minimum absolute atomic E-state index is 0.187. The maximum absolute atomic E-state index is 13.7. The molecule has 33 heavy (non-hydrogen) atoms. The summed E-state index contributed by atoms with van der Waals surface area (Å²) in [6, 6.07) is 5.51. The van der Waals surface area contributed by atoms with Crippen molar-refractivity contribution in [1.29, 1.82) is 0 Å². The third kappa shape index (κ3) is 4.71. The molecule has 1 aromatic carbocycles. The lowest BCUT2D eigenvalue weighted by Gasteiger charge is -2.33. The molecule has 2 atom stereocenters. The van der Waals surface area contributed by atoms with E-state index >= 15 is 0 Å². The molecular formula is C23H30ClN5O4. The molecule has 3 heterocycles. The van der Waals surface area contributed by atoms with Gasteiger partial charge in [-0.15, -0.1) is 0 Å². The van der Waals surface area contributed by atoms with Gasteiger partial charge in [-0.3, -0.25) is 19.9 Å². The number of hydrogen-bond acceptors (Lipinski definition) is 5. The fourth-order valence-corrected chi connectivity index (χ4v) is 4.76. The average Bonchev–Trinajstić information content (AvgIpc) is 3.13. The number of hydrazine groups is 1. The summed E-state index contributed by atoms with van der Waals surface area (Å²) in [5.74, 6) is -0.299. The number of nitrogens with zero attached hydrogens (tertiary/aromatic N) is 3. The molecule has 0 radical (unpaired) electrons. The lowest BCUT2D eigenvalue weighted by Crippen LogP contribution is -2.56. The molecule has 3 aliphatic rings. The lowest BCUT2D eigenvalue weighted by atomic mass is 9.95. The highest BCUT2D eigenvalue weighted by Crippen LogP contribution is 2.39. The zero-order valence-corrected chi connectivity index (χ0v) is 19.9. The fraction of sp³-hybridized carbons (Fsp3) is 0.522. The molecule has 2 N–H and O–H groups in total. The van der Waals surface area contributed by atoms with Crippen molar-refractivity contribution in [3.8, 4) is 0 Å². The number of ether oxygens (including phenoxy) is 1. The van der Waals surface area contributed by atoms with Gasteiger partial charge in [0, 0.05) is 25.2 Å². The Kier molecular flexibility index (Phi) is 6.92. The van der Waals surface area contributed by atoms with Gasteiger partial charge in [0.25, 0.3) is 11.8 Å². The summed E-state index contributed by atoms with van der Waals surface area (Å²) in [4.78, 5) is 42.8. The van der Waals surface area contributed by atoms with Crippen LogP contribution in [0.2, 0.25) is 5.02 Å². The van der Waals surface area contributed by atoms with E-state index < -0.39 is 12.1 Å². The van der Waals surface area contributed by atoms with Gasteiger partial charge in [-0.05, 0) is 24.0 Å². The monoisotopic (exact) mass is 475 g/mol. The number of hydrogen-bond donors (Lipinski definition) is 2. The van der Waals surface area contributed by atoms with Crippen molar-refractivity contribution in [3.05, 3.63) is 46.1 Å². The Labute approximate surface area is 198 Å². The van der Waals surface area contributed by atoms with Crippen molar-refractivity contribution in [2.75, 3.05) is 39.9 Å². The minimum atomic E-state index is -0.670. The highest BCUT2D eigenvalue weighted by Gasteiger charge is 2.46. The molecule has 0 spiro atoms. The third-order valence-corrected chi connectivity index (χ3v) is 6.60. The second kappa shape index (κ2) is 9.70. The number of nitrogens with one attached hydrogen (secondary N) is 2. The van der Waals surface area contributed by atoms with Crippen LogP contribution in [-0.4, -0.2) is 78.6 Å². The van der Waals surface area contributed by atoms with Crippen LogP contribution in [0.25, 0.3) is 0 Å². The first-order valence-electron chi connectivity index (χ1n) is 11.2. The number of halogens is 1. The molecule has 4 amide bonds. The number of carbonyl (C=O) groups excluding carboxylic acids is 3. The summed E-state index contributed by atoms with van der Waals surface area (Å²) < 4.78 is 5.35. The van der Waals surface area contributed by atoms with E-state index in [0.717, 1.165) is 0 Å². The highest BCUT2D eigenvalue weighted by molar-refractivity contribution is 6.31. The molecule has 4 rings (SSSR count). The van der Waals surface area contributed by atoms with Crippen LogP contribution < -0.4 is 10.7 Å². The Balaban J connectivity index is 1.63. The molecule has 1 fully saturated rings. The molecule has 0 aromatic heterocycles. The first kappa shape index (κ1) is 23.5. The van der Waals surface area contributed by atoms with Crippen LogP contribution in [0.5, 0.6) is 0 Å². The third-order valence-electron chi connectivity index (χ3n) is 6.26. The smallest absolute Gasteiger partial charge is 0.322 e. The van der Waals surface area contributed by atoms with Crippen molar-refractivity contribution < 1.29 is 19.1 Å². The van der Waals surface area contributed by atoms with Gasteiger partial charge < -0.3 is 15.0 Å². The van der Waals surface area contributed by atoms with Gasteiger partial charge in [-0.25, -0.2) is 9.80 Å². The second-order valence-corrected chi connectivity index (χ2v) is 9.38. The Morgan fingerprint density at radius 3 is 2.61 bits per heavy atom. The molecule has 1 saturated heterocycles. The Morgan fingerprint density at radius 1 is 1.24 bits per heavy atom. The van der Waals surface area contributed by atoms with Crippen LogP contribution in [0.15, 0.2) is 35.5 Å². The number of carbonyl (C=O) groups is 3. The number of amides is 4. The lowest BCUT2D eigenvalue weighted by molar-refractivity contribution is -0.141. The average molecular weight is 476 g/mol. The molecule has 9 nitrogen and oxygen atoms in total. The topological polar surface area (TPSA) is 94.2 Å². The standard InChI is InChI=1S/C23H30ClN5O4/c1-14(2)12-17(21(30)26-28-8-10-33-11-9-28)29-13-18-19(22(29)31)20(25-23(32)27(18)3)15-6-4-5-7-16(15)24/h4-7,14,17,20H,8-13H2,1-3H3,(H,25,32)(H,26,30)/t17-,20+/m1/s1. The van der Waals surface area contributed by atoms with Crippen LogP contribution >= 0.6 is 11.6 Å². The zero-order valence-electron chi connectivity index (χ0n) is 19.1. The van der Waals surface area contributed by atoms with E-state index in [1.807, 2.05) is 24.9 Å². The summed E-state index contributed by atoms with van der Waals surface area (Å²) in [7, 11) is 1.63. The zero-order chi connectivity index (χ0) is 23.7. The summed E-state index contributed by atoms with van der Waals surface area (Å²) >= 11 is 6.41. The molecule has 0 unspecified atom stereocenters. The molecule has 0 bridgehead atoms. The summed E-state index contributed by atoms with van der Waals surface area (Å²) in [5, 5.41) is 5.19. The molecule has 0 aliphatic carbocycles.